The van der Waals surface area contributed by atoms with Crippen LogP contribution in [0.1, 0.15) is 32.0 Å². The van der Waals surface area contributed by atoms with E-state index in [2.05, 4.69) is 10.1 Å². The van der Waals surface area contributed by atoms with Gasteiger partial charge in [0.25, 0.3) is 0 Å². The molecule has 0 aliphatic rings. The molecule has 0 amide bonds. The van der Waals surface area contributed by atoms with Crippen molar-refractivity contribution in [2.75, 3.05) is 13.7 Å². The summed E-state index contributed by atoms with van der Waals surface area (Å²) in [5.41, 5.74) is 4.92. The van der Waals surface area contributed by atoms with E-state index in [1.807, 2.05) is 13.8 Å². The summed E-state index contributed by atoms with van der Waals surface area (Å²) in [7, 11) is 1.64. The summed E-state index contributed by atoms with van der Waals surface area (Å²) in [5.74, 6) is 1.16. The third-order valence-corrected chi connectivity index (χ3v) is 2.42. The second-order valence-corrected chi connectivity index (χ2v) is 3.34. The van der Waals surface area contributed by atoms with Crippen LogP contribution in [-0.2, 0) is 16.8 Å². The first-order valence-electron chi connectivity index (χ1n) is 4.74. The highest BCUT2D eigenvalue weighted by Crippen LogP contribution is 2.25. The number of hydrogen-bond acceptors (Lipinski definition) is 5. The van der Waals surface area contributed by atoms with Crippen LogP contribution in [0.25, 0.3) is 0 Å². The zero-order valence-electron chi connectivity index (χ0n) is 8.91. The van der Waals surface area contributed by atoms with Gasteiger partial charge in [0, 0.05) is 20.1 Å². The summed E-state index contributed by atoms with van der Waals surface area (Å²) in [4.78, 5) is 4.23. The zero-order valence-corrected chi connectivity index (χ0v) is 8.91. The van der Waals surface area contributed by atoms with E-state index in [0.29, 0.717) is 24.7 Å². The topological polar surface area (TPSA) is 74.2 Å². The smallest absolute Gasteiger partial charge is 0.228 e. The molecule has 1 aromatic heterocycles. The van der Waals surface area contributed by atoms with Crippen molar-refractivity contribution in [3.63, 3.8) is 0 Å². The van der Waals surface area contributed by atoms with Crippen LogP contribution in [-0.4, -0.2) is 23.8 Å². The molecule has 1 aromatic rings. The van der Waals surface area contributed by atoms with Crippen LogP contribution in [0.15, 0.2) is 4.52 Å². The molecule has 14 heavy (non-hydrogen) atoms. The van der Waals surface area contributed by atoms with E-state index >= 15 is 0 Å². The fourth-order valence-corrected chi connectivity index (χ4v) is 1.09. The highest BCUT2D eigenvalue weighted by atomic mass is 16.5. The normalized spacial score (nSPS) is 15.4. The van der Waals surface area contributed by atoms with Gasteiger partial charge in [0.2, 0.25) is 11.7 Å². The van der Waals surface area contributed by atoms with Crippen molar-refractivity contribution in [1.82, 2.24) is 10.1 Å². The van der Waals surface area contributed by atoms with E-state index in [-0.39, 0.29) is 0 Å². The Balaban J connectivity index is 2.84. The van der Waals surface area contributed by atoms with Crippen molar-refractivity contribution in [2.24, 2.45) is 5.73 Å². The highest BCUT2D eigenvalue weighted by molar-refractivity contribution is 4.99. The standard InChI is InChI=1S/C9H17N3O2/c1-4-9(2,13-3)8-11-7(5-6-10)14-12-8/h4-6,10H2,1-3H3. The van der Waals surface area contributed by atoms with Gasteiger partial charge in [-0.1, -0.05) is 12.1 Å². The minimum atomic E-state index is -0.462. The molecule has 2 N–H and O–H groups in total. The monoisotopic (exact) mass is 199 g/mol. The second kappa shape index (κ2) is 4.52. The number of hydrogen-bond donors (Lipinski definition) is 1. The first-order chi connectivity index (χ1) is 6.66. The SMILES string of the molecule is CCC(C)(OC)c1noc(CCN)n1. The van der Waals surface area contributed by atoms with Gasteiger partial charge in [-0.25, -0.2) is 0 Å². The predicted molar refractivity (Wildman–Crippen MR) is 51.7 cm³/mol. The number of nitrogens with zero attached hydrogens (tertiary/aromatic N) is 2. The van der Waals surface area contributed by atoms with Crippen LogP contribution in [0.5, 0.6) is 0 Å². The zero-order chi connectivity index (χ0) is 10.6. The van der Waals surface area contributed by atoms with Gasteiger partial charge in [-0.2, -0.15) is 4.98 Å². The molecule has 0 aliphatic carbocycles. The van der Waals surface area contributed by atoms with Crippen LogP contribution < -0.4 is 5.73 Å². The lowest BCUT2D eigenvalue weighted by Crippen LogP contribution is -2.24. The van der Waals surface area contributed by atoms with Gasteiger partial charge in [-0.3, -0.25) is 0 Å². The van der Waals surface area contributed by atoms with Gasteiger partial charge in [-0.15, -0.1) is 0 Å². The average molecular weight is 199 g/mol. The van der Waals surface area contributed by atoms with E-state index in [1.165, 1.54) is 0 Å². The molecule has 5 heteroatoms. The van der Waals surface area contributed by atoms with Gasteiger partial charge >= 0.3 is 0 Å². The lowest BCUT2D eigenvalue weighted by Gasteiger charge is -2.21. The third kappa shape index (κ3) is 2.10. The molecule has 0 radical (unpaired) electrons. The molecule has 1 heterocycles. The van der Waals surface area contributed by atoms with Crippen LogP contribution in [0.2, 0.25) is 0 Å². The Morgan fingerprint density at radius 3 is 2.79 bits per heavy atom. The summed E-state index contributed by atoms with van der Waals surface area (Å²) >= 11 is 0. The fraction of sp³-hybridized carbons (Fsp3) is 0.778. The highest BCUT2D eigenvalue weighted by Gasteiger charge is 2.29. The first kappa shape index (κ1) is 11.1. The van der Waals surface area contributed by atoms with Crippen molar-refractivity contribution in [2.45, 2.75) is 32.3 Å². The number of nitrogens with two attached hydrogens (primary N) is 1. The van der Waals surface area contributed by atoms with E-state index in [4.69, 9.17) is 15.0 Å². The quantitative estimate of drug-likeness (QED) is 0.760. The lowest BCUT2D eigenvalue weighted by molar-refractivity contribution is -0.0106. The Labute approximate surface area is 83.6 Å². The summed E-state index contributed by atoms with van der Waals surface area (Å²) in [5, 5.41) is 3.88. The summed E-state index contributed by atoms with van der Waals surface area (Å²) in [6.45, 7) is 4.46. The Hall–Kier alpha value is -0.940. The maximum Gasteiger partial charge on any atom is 0.228 e. The van der Waals surface area contributed by atoms with E-state index in [0.717, 1.165) is 6.42 Å². The molecule has 1 unspecified atom stereocenters. The van der Waals surface area contributed by atoms with Crippen molar-refractivity contribution in [1.29, 1.82) is 0 Å². The van der Waals surface area contributed by atoms with Crippen molar-refractivity contribution < 1.29 is 9.26 Å². The van der Waals surface area contributed by atoms with E-state index in [1.54, 1.807) is 7.11 Å². The number of aromatic nitrogens is 2. The van der Waals surface area contributed by atoms with Crippen molar-refractivity contribution in [3.8, 4) is 0 Å². The summed E-state index contributed by atoms with van der Waals surface area (Å²) in [6.07, 6.45) is 1.40. The predicted octanol–water partition coefficient (Wildman–Crippen LogP) is 0.842. The largest absolute Gasteiger partial charge is 0.370 e. The third-order valence-electron chi connectivity index (χ3n) is 2.42. The number of methoxy groups -OCH3 is 1. The number of ether oxygens (including phenoxy) is 1. The van der Waals surface area contributed by atoms with Gasteiger partial charge in [-0.05, 0) is 13.3 Å². The summed E-state index contributed by atoms with van der Waals surface area (Å²) in [6, 6.07) is 0. The summed E-state index contributed by atoms with van der Waals surface area (Å²) < 4.78 is 10.4. The average Bonchev–Trinajstić information content (AvgIpc) is 2.66. The van der Waals surface area contributed by atoms with Gasteiger partial charge in [0.05, 0.1) is 0 Å². The molecule has 0 aromatic carbocycles. The Bertz CT molecular complexity index is 281. The van der Waals surface area contributed by atoms with Crippen LogP contribution in [0, 0.1) is 0 Å². The minimum Gasteiger partial charge on any atom is -0.370 e. The van der Waals surface area contributed by atoms with E-state index < -0.39 is 5.60 Å². The molecule has 0 aliphatic heterocycles. The lowest BCUT2D eigenvalue weighted by atomic mass is 10.0. The maximum absolute atomic E-state index is 5.38. The second-order valence-electron chi connectivity index (χ2n) is 3.34. The Morgan fingerprint density at radius 2 is 2.29 bits per heavy atom. The van der Waals surface area contributed by atoms with Crippen molar-refractivity contribution in [3.05, 3.63) is 11.7 Å². The minimum absolute atomic E-state index is 0.462. The van der Waals surface area contributed by atoms with E-state index in [9.17, 15) is 0 Å². The Morgan fingerprint density at radius 1 is 1.57 bits per heavy atom. The van der Waals surface area contributed by atoms with Crippen LogP contribution in [0.3, 0.4) is 0 Å². The molecule has 0 saturated carbocycles. The molecule has 5 nitrogen and oxygen atoms in total. The van der Waals surface area contributed by atoms with Gasteiger partial charge < -0.3 is 15.0 Å². The molecular formula is C9H17N3O2. The Kier molecular flexibility index (Phi) is 3.60. The first-order valence-corrected chi connectivity index (χ1v) is 4.74. The van der Waals surface area contributed by atoms with Crippen LogP contribution in [0.4, 0.5) is 0 Å². The number of rotatable bonds is 5. The molecule has 80 valence electrons. The van der Waals surface area contributed by atoms with Crippen molar-refractivity contribution >= 4 is 0 Å². The molecule has 0 bridgehead atoms. The molecule has 1 atom stereocenters. The molecule has 0 saturated heterocycles. The molecule has 1 rings (SSSR count). The maximum atomic E-state index is 5.38. The van der Waals surface area contributed by atoms with Gasteiger partial charge in [0.1, 0.15) is 5.60 Å². The molecule has 0 spiro atoms. The fourth-order valence-electron chi connectivity index (χ4n) is 1.09. The molecule has 0 fully saturated rings. The van der Waals surface area contributed by atoms with Gasteiger partial charge in [0.15, 0.2) is 0 Å². The molecular weight excluding hydrogens is 182 g/mol. The van der Waals surface area contributed by atoms with Crippen LogP contribution >= 0.6 is 0 Å².